The summed E-state index contributed by atoms with van der Waals surface area (Å²) in [7, 11) is 0. The van der Waals surface area contributed by atoms with Gasteiger partial charge in [-0.05, 0) is 24.6 Å². The van der Waals surface area contributed by atoms with Crippen LogP contribution >= 0.6 is 11.6 Å². The summed E-state index contributed by atoms with van der Waals surface area (Å²) in [6, 6.07) is 7.20. The molecule has 2 rings (SSSR count). The van der Waals surface area contributed by atoms with Gasteiger partial charge in [-0.25, -0.2) is 9.97 Å². The number of nitriles is 1. The first-order chi connectivity index (χ1) is 8.69. The molecule has 0 aliphatic rings. The predicted molar refractivity (Wildman–Crippen MR) is 70.7 cm³/mol. The van der Waals surface area contributed by atoms with Gasteiger partial charge in [0.2, 0.25) is 0 Å². The summed E-state index contributed by atoms with van der Waals surface area (Å²) in [6.45, 7) is 1.97. The minimum atomic E-state index is 0.440. The third-order valence-corrected chi connectivity index (χ3v) is 2.55. The van der Waals surface area contributed by atoms with Crippen LogP contribution in [-0.2, 0) is 0 Å². The Bertz CT molecular complexity index is 606. The predicted octanol–water partition coefficient (Wildman–Crippen LogP) is 3.08. The molecule has 0 fully saturated rings. The number of anilines is 3. The molecule has 0 atom stereocenters. The highest BCUT2D eigenvalue weighted by Gasteiger charge is 2.02. The molecule has 0 aliphatic heterocycles. The van der Waals surface area contributed by atoms with Gasteiger partial charge in [0.1, 0.15) is 18.0 Å². The van der Waals surface area contributed by atoms with Crippen LogP contribution < -0.4 is 10.6 Å². The Balaban J connectivity index is 2.26. The van der Waals surface area contributed by atoms with Gasteiger partial charge in [-0.1, -0.05) is 17.7 Å². The molecule has 0 aliphatic carbocycles. The Kier molecular flexibility index (Phi) is 3.60. The fraction of sp³-hybridized carbons (Fsp3) is 0.0833. The lowest BCUT2D eigenvalue weighted by Gasteiger charge is -2.09. The maximum absolute atomic E-state index is 8.52. The molecule has 0 spiro atoms. The Morgan fingerprint density at radius 2 is 2.00 bits per heavy atom. The van der Waals surface area contributed by atoms with E-state index in [1.54, 1.807) is 12.3 Å². The average Bonchev–Trinajstić information content (AvgIpc) is 2.35. The Labute approximate surface area is 109 Å². The first kappa shape index (κ1) is 12.1. The number of hydrogen-bond donors (Lipinski definition) is 2. The quantitative estimate of drug-likeness (QED) is 0.655. The van der Waals surface area contributed by atoms with Crippen molar-refractivity contribution in [2.24, 2.45) is 0 Å². The molecule has 1 heterocycles. The molecule has 0 saturated heterocycles. The Morgan fingerprint density at radius 1 is 1.22 bits per heavy atom. The van der Waals surface area contributed by atoms with Crippen molar-refractivity contribution in [1.82, 2.24) is 9.97 Å². The number of halogens is 1. The third kappa shape index (κ3) is 2.87. The van der Waals surface area contributed by atoms with Crippen LogP contribution in [0, 0.1) is 18.4 Å². The second-order valence-electron chi connectivity index (χ2n) is 3.61. The monoisotopic (exact) mass is 259 g/mol. The zero-order chi connectivity index (χ0) is 13.0. The zero-order valence-electron chi connectivity index (χ0n) is 9.61. The SMILES string of the molecule is Cc1ccc(Cl)cc1Nc1cc(NC#N)ncn1. The van der Waals surface area contributed by atoms with Gasteiger partial charge in [0, 0.05) is 16.8 Å². The molecule has 1 aromatic heterocycles. The van der Waals surface area contributed by atoms with Gasteiger partial charge in [0.05, 0.1) is 0 Å². The first-order valence-electron chi connectivity index (χ1n) is 5.19. The van der Waals surface area contributed by atoms with E-state index in [1.807, 2.05) is 25.1 Å². The third-order valence-electron chi connectivity index (χ3n) is 2.31. The normalized spacial score (nSPS) is 9.61. The molecule has 90 valence electrons. The van der Waals surface area contributed by atoms with Crippen LogP contribution in [0.2, 0.25) is 5.02 Å². The zero-order valence-corrected chi connectivity index (χ0v) is 10.4. The molecule has 0 radical (unpaired) electrons. The fourth-order valence-corrected chi connectivity index (χ4v) is 1.59. The molecule has 0 unspecified atom stereocenters. The summed E-state index contributed by atoms with van der Waals surface area (Å²) in [5, 5.41) is 14.7. The topological polar surface area (TPSA) is 73.6 Å². The molecular weight excluding hydrogens is 250 g/mol. The largest absolute Gasteiger partial charge is 0.340 e. The van der Waals surface area contributed by atoms with Crippen LogP contribution in [0.4, 0.5) is 17.3 Å². The van der Waals surface area contributed by atoms with Crippen molar-refractivity contribution in [3.8, 4) is 6.19 Å². The lowest BCUT2D eigenvalue weighted by atomic mass is 10.2. The number of nitrogens with one attached hydrogen (secondary N) is 2. The van der Waals surface area contributed by atoms with Gasteiger partial charge in [0.25, 0.3) is 0 Å². The molecule has 6 heteroatoms. The fourth-order valence-electron chi connectivity index (χ4n) is 1.42. The highest BCUT2D eigenvalue weighted by Crippen LogP contribution is 2.23. The van der Waals surface area contributed by atoms with Gasteiger partial charge in [-0.3, -0.25) is 5.32 Å². The van der Waals surface area contributed by atoms with Crippen molar-refractivity contribution in [3.63, 3.8) is 0 Å². The molecule has 18 heavy (non-hydrogen) atoms. The van der Waals surface area contributed by atoms with Crippen molar-refractivity contribution in [3.05, 3.63) is 41.2 Å². The molecule has 0 saturated carbocycles. The smallest absolute Gasteiger partial charge is 0.182 e. The van der Waals surface area contributed by atoms with Gasteiger partial charge >= 0.3 is 0 Å². The van der Waals surface area contributed by atoms with Crippen molar-refractivity contribution < 1.29 is 0 Å². The lowest BCUT2D eigenvalue weighted by Crippen LogP contribution is -1.98. The van der Waals surface area contributed by atoms with Crippen LogP contribution in [0.5, 0.6) is 0 Å². The summed E-state index contributed by atoms with van der Waals surface area (Å²) in [5.41, 5.74) is 1.91. The lowest BCUT2D eigenvalue weighted by molar-refractivity contribution is 1.16. The number of rotatable bonds is 3. The maximum atomic E-state index is 8.52. The minimum Gasteiger partial charge on any atom is -0.340 e. The van der Waals surface area contributed by atoms with Crippen LogP contribution in [0.25, 0.3) is 0 Å². The highest BCUT2D eigenvalue weighted by atomic mass is 35.5. The van der Waals surface area contributed by atoms with E-state index in [-0.39, 0.29) is 0 Å². The van der Waals surface area contributed by atoms with Crippen LogP contribution in [-0.4, -0.2) is 9.97 Å². The number of benzene rings is 1. The molecule has 1 aromatic carbocycles. The van der Waals surface area contributed by atoms with Crippen molar-refractivity contribution in [2.45, 2.75) is 6.92 Å². The summed E-state index contributed by atoms with van der Waals surface area (Å²) in [6.07, 6.45) is 3.18. The van der Waals surface area contributed by atoms with E-state index < -0.39 is 0 Å². The van der Waals surface area contributed by atoms with E-state index in [0.717, 1.165) is 11.3 Å². The van der Waals surface area contributed by atoms with Crippen molar-refractivity contribution in [2.75, 3.05) is 10.6 Å². The molecular formula is C12H10ClN5. The standard InChI is InChI=1S/C12H10ClN5/c1-8-2-3-9(13)4-10(8)18-12-5-11(15-6-14)16-7-17-12/h2-5,7H,1H3,(H2,15,16,17,18). The van der Waals surface area contributed by atoms with Crippen LogP contribution in [0.1, 0.15) is 5.56 Å². The number of nitrogens with zero attached hydrogens (tertiary/aromatic N) is 3. The van der Waals surface area contributed by atoms with Crippen molar-refractivity contribution >= 4 is 28.9 Å². The number of aryl methyl sites for hydroxylation is 1. The van der Waals surface area contributed by atoms with E-state index in [0.29, 0.717) is 16.7 Å². The van der Waals surface area contributed by atoms with E-state index >= 15 is 0 Å². The first-order valence-corrected chi connectivity index (χ1v) is 5.57. The Hall–Kier alpha value is -2.32. The van der Waals surface area contributed by atoms with E-state index in [9.17, 15) is 0 Å². The number of hydrogen-bond acceptors (Lipinski definition) is 5. The minimum absolute atomic E-state index is 0.440. The average molecular weight is 260 g/mol. The van der Waals surface area contributed by atoms with E-state index in [1.165, 1.54) is 6.33 Å². The molecule has 0 amide bonds. The summed E-state index contributed by atoms with van der Waals surface area (Å²) >= 11 is 5.94. The van der Waals surface area contributed by atoms with Gasteiger partial charge < -0.3 is 5.32 Å². The van der Waals surface area contributed by atoms with Crippen LogP contribution in [0.3, 0.4) is 0 Å². The maximum Gasteiger partial charge on any atom is 0.182 e. The molecule has 0 bridgehead atoms. The summed E-state index contributed by atoms with van der Waals surface area (Å²) < 4.78 is 0. The van der Waals surface area contributed by atoms with Gasteiger partial charge in [-0.2, -0.15) is 5.26 Å². The molecule has 2 N–H and O–H groups in total. The second-order valence-corrected chi connectivity index (χ2v) is 4.05. The molecule has 5 nitrogen and oxygen atoms in total. The molecule has 2 aromatic rings. The van der Waals surface area contributed by atoms with Gasteiger partial charge in [0.15, 0.2) is 6.19 Å². The van der Waals surface area contributed by atoms with Gasteiger partial charge in [-0.15, -0.1) is 0 Å². The summed E-state index contributed by atoms with van der Waals surface area (Å²) in [4.78, 5) is 7.97. The van der Waals surface area contributed by atoms with E-state index in [4.69, 9.17) is 16.9 Å². The van der Waals surface area contributed by atoms with E-state index in [2.05, 4.69) is 20.6 Å². The Morgan fingerprint density at radius 3 is 2.78 bits per heavy atom. The van der Waals surface area contributed by atoms with Crippen LogP contribution in [0.15, 0.2) is 30.6 Å². The number of aromatic nitrogens is 2. The highest BCUT2D eigenvalue weighted by molar-refractivity contribution is 6.30. The van der Waals surface area contributed by atoms with Crippen molar-refractivity contribution in [1.29, 1.82) is 5.26 Å². The second kappa shape index (κ2) is 5.34. The summed E-state index contributed by atoms with van der Waals surface area (Å²) in [5.74, 6) is 1.03.